The van der Waals surface area contributed by atoms with Gasteiger partial charge in [-0.15, -0.1) is 0 Å². The number of nitrogens with one attached hydrogen (secondary N) is 1. The number of pyridine rings is 1. The van der Waals surface area contributed by atoms with Gasteiger partial charge in [0.2, 0.25) is 0 Å². The van der Waals surface area contributed by atoms with Crippen molar-refractivity contribution in [2.75, 3.05) is 6.54 Å². The number of amides is 1. The first-order valence-electron chi connectivity index (χ1n) is 6.69. The second kappa shape index (κ2) is 6.00. The third-order valence-electron chi connectivity index (χ3n) is 2.58. The number of carboxylic acids is 1. The van der Waals surface area contributed by atoms with Crippen LogP contribution in [0, 0.1) is 5.82 Å². The smallest absolute Gasteiger partial charge is 0.322 e. The fraction of sp³-hybridized carbons (Fsp3) is 0.0714. The summed E-state index contributed by atoms with van der Waals surface area (Å²) >= 11 is 0. The minimum atomic E-state index is -1.11. The predicted molar refractivity (Wildman–Crippen MR) is 71.3 cm³/mol. The predicted octanol–water partition coefficient (Wildman–Crippen LogP) is 1.41. The summed E-state index contributed by atoms with van der Waals surface area (Å²) in [6.45, 7) is -0.783. The van der Waals surface area contributed by atoms with Crippen LogP contribution in [0.2, 0.25) is 1.41 Å². The summed E-state index contributed by atoms with van der Waals surface area (Å²) in [5, 5.41) is 13.7. The number of halogens is 1. The second-order valence-corrected chi connectivity index (χ2v) is 4.10. The largest absolute Gasteiger partial charge is 0.505 e. The minimum absolute atomic E-state index is 0.209. The number of aromatic hydroxyl groups is 1. The molecule has 1 heterocycles. The highest BCUT2D eigenvalue weighted by Gasteiger charge is 2.14. The molecule has 0 saturated heterocycles. The lowest BCUT2D eigenvalue weighted by Crippen LogP contribution is -2.29. The summed E-state index contributed by atoms with van der Waals surface area (Å²) in [7, 11) is 0. The lowest BCUT2D eigenvalue weighted by atomic mass is 10.1. The number of carboxylic acid groups (broad SMARTS) is 1. The van der Waals surface area contributed by atoms with E-state index in [4.69, 9.17) is 2.84 Å². The zero-order valence-corrected chi connectivity index (χ0v) is 10.6. The Morgan fingerprint density at radius 1 is 1.38 bits per heavy atom. The molecular formula is C14H11FN2O4. The molecule has 6 nitrogen and oxygen atoms in total. The van der Waals surface area contributed by atoms with Crippen molar-refractivity contribution < 1.29 is 25.6 Å². The van der Waals surface area contributed by atoms with Crippen molar-refractivity contribution >= 4 is 11.9 Å². The molecule has 3 N–H and O–H groups in total. The Kier molecular flexibility index (Phi) is 3.38. The van der Waals surface area contributed by atoms with E-state index in [-0.39, 0.29) is 5.31 Å². The number of benzene rings is 1. The second-order valence-electron chi connectivity index (χ2n) is 4.10. The van der Waals surface area contributed by atoms with Gasteiger partial charge in [-0.25, -0.2) is 9.37 Å². The zero-order valence-electron chi connectivity index (χ0n) is 12.6. The van der Waals surface area contributed by atoms with Crippen molar-refractivity contribution in [2.45, 2.75) is 0 Å². The van der Waals surface area contributed by atoms with Crippen LogP contribution in [0.3, 0.4) is 0 Å². The van der Waals surface area contributed by atoms with E-state index < -0.39 is 35.7 Å². The molecule has 0 spiro atoms. The summed E-state index contributed by atoms with van der Waals surface area (Å²) in [6, 6.07) is 6.78. The first kappa shape index (κ1) is 11.8. The molecule has 0 atom stereocenters. The van der Waals surface area contributed by atoms with Crippen LogP contribution in [0.25, 0.3) is 12.6 Å². The number of aromatic nitrogens is 1. The van der Waals surface area contributed by atoms with Gasteiger partial charge in [0.05, 0.1) is 0 Å². The molecule has 0 radical (unpaired) electrons. The van der Waals surface area contributed by atoms with Gasteiger partial charge in [0, 0.05) is 11.8 Å². The molecule has 0 aliphatic heterocycles. The fourth-order valence-electron chi connectivity index (χ4n) is 1.66. The van der Waals surface area contributed by atoms with Crippen LogP contribution in [0.5, 0.6) is 5.75 Å². The van der Waals surface area contributed by atoms with Crippen LogP contribution in [0.1, 0.15) is 10.5 Å². The lowest BCUT2D eigenvalue weighted by molar-refractivity contribution is -0.135. The summed E-state index contributed by atoms with van der Waals surface area (Å²) < 4.78 is 26.9. The first-order chi connectivity index (χ1) is 10.9. The number of hydrogen-bond acceptors (Lipinski definition) is 5. The van der Waals surface area contributed by atoms with Gasteiger partial charge < -0.3 is 15.5 Å². The highest BCUT2D eigenvalue weighted by atomic mass is 19.1. The van der Waals surface area contributed by atoms with E-state index in [9.17, 15) is 19.1 Å². The van der Waals surface area contributed by atoms with Crippen molar-refractivity contribution in [1.29, 1.82) is 1.43 Å². The van der Waals surface area contributed by atoms with E-state index in [1.54, 1.807) is 6.07 Å². The van der Waals surface area contributed by atoms with Crippen LogP contribution >= 0.6 is 0 Å². The van der Waals surface area contributed by atoms with Gasteiger partial charge in [0.25, 0.3) is 7.34 Å². The summed E-state index contributed by atoms with van der Waals surface area (Å²) in [4.78, 5) is 26.5. The van der Waals surface area contributed by atoms with E-state index >= 15 is 0 Å². The number of rotatable bonds is 4. The van der Waals surface area contributed by atoms with Gasteiger partial charge in [-0.2, -0.15) is 0 Å². The summed E-state index contributed by atoms with van der Waals surface area (Å²) in [6.07, 6.45) is 1.23. The molecule has 21 heavy (non-hydrogen) atoms. The Labute approximate surface area is 121 Å². The Hall–Kier alpha value is -2.96. The van der Waals surface area contributed by atoms with E-state index in [0.717, 1.165) is 0 Å². The molecule has 0 fully saturated rings. The molecule has 0 unspecified atom stereocenters. The molecule has 2 rings (SSSR count). The van der Waals surface area contributed by atoms with Crippen molar-refractivity contribution in [3.63, 3.8) is 0 Å². The van der Waals surface area contributed by atoms with Gasteiger partial charge in [0.1, 0.15) is 18.1 Å². The van der Waals surface area contributed by atoms with Crippen molar-refractivity contribution in [3.05, 3.63) is 48.0 Å². The topological polar surface area (TPSA) is 99.5 Å². The Balaban J connectivity index is 2.25. The van der Waals surface area contributed by atoms with Gasteiger partial charge in [0.15, 0.2) is 7.11 Å². The number of nitrogens with zero attached hydrogens (tertiary/aromatic N) is 1. The van der Waals surface area contributed by atoms with Gasteiger partial charge in [-0.3, -0.25) is 9.59 Å². The standard InChI is InChI=1S/C14H11FN2O4/c15-10-3-1-2-8(4-10)9-5-11(18)13(16-6-9)14(21)17-7-12(19)20/h1-6,18H,7H2,(H,17,21)(H,19,20)/i/hD2. The average molecular weight is 292 g/mol. The molecule has 108 valence electrons. The molecule has 1 aromatic carbocycles. The highest BCUT2D eigenvalue weighted by molar-refractivity contribution is 5.96. The molecule has 0 saturated carbocycles. The number of carbonyl (C=O) groups excluding carboxylic acids is 1. The minimum Gasteiger partial charge on any atom is -0.505 e. The summed E-state index contributed by atoms with van der Waals surface area (Å²) in [5.41, 5.74) is 0.380. The van der Waals surface area contributed by atoms with E-state index in [2.05, 4.69) is 10.1 Å². The number of hydrogen-bond donors (Lipinski definition) is 3. The van der Waals surface area contributed by atoms with Gasteiger partial charge in [-0.1, -0.05) is 12.1 Å². The van der Waals surface area contributed by atoms with Crippen LogP contribution in [-0.4, -0.2) is 33.6 Å². The van der Waals surface area contributed by atoms with E-state index in [1.807, 2.05) is 0 Å². The molecule has 1 aromatic heterocycles. The Bertz CT molecular complexity index is 757. The van der Waals surface area contributed by atoms with Crippen LogP contribution < -0.4 is 5.31 Å². The lowest BCUT2D eigenvalue weighted by Gasteiger charge is -2.07. The molecular weight excluding hydrogens is 279 g/mol. The molecule has 0 aliphatic carbocycles. The molecule has 0 bridgehead atoms. The molecule has 7 heteroatoms. The van der Waals surface area contributed by atoms with Gasteiger partial charge >= 0.3 is 5.97 Å². The third-order valence-corrected chi connectivity index (χ3v) is 2.58. The molecule has 1 amide bonds. The van der Waals surface area contributed by atoms with Crippen molar-refractivity contribution in [2.24, 2.45) is 0 Å². The Morgan fingerprint density at radius 3 is 2.86 bits per heavy atom. The van der Waals surface area contributed by atoms with Crippen LogP contribution in [0.15, 0.2) is 36.5 Å². The molecule has 0 aliphatic rings. The fourth-order valence-corrected chi connectivity index (χ4v) is 1.66. The maximum atomic E-state index is 13.2. The molecule has 2 aromatic rings. The Morgan fingerprint density at radius 2 is 2.19 bits per heavy atom. The van der Waals surface area contributed by atoms with Crippen molar-refractivity contribution in [3.8, 4) is 16.9 Å². The maximum Gasteiger partial charge on any atom is 0.322 e. The summed E-state index contributed by atoms with van der Waals surface area (Å²) in [5.74, 6) is -3.13. The van der Waals surface area contributed by atoms with E-state index in [1.165, 1.54) is 30.5 Å². The third kappa shape index (κ3) is 3.53. The number of carbonyl (C=O) groups is 2. The quantitative estimate of drug-likeness (QED) is 0.791. The zero-order chi connectivity index (χ0) is 17.0. The van der Waals surface area contributed by atoms with Crippen molar-refractivity contribution in [1.82, 2.24) is 10.3 Å². The highest BCUT2D eigenvalue weighted by Crippen LogP contribution is 2.25. The van der Waals surface area contributed by atoms with Crippen LogP contribution in [0.4, 0.5) is 4.39 Å². The number of aliphatic carboxylic acids is 1. The normalized spacial score (nSPS) is 11.3. The SMILES string of the molecule is [2H]OC(=O)CN([2H])C(=O)c1ncc(-c2cccc(F)c2)cc1O. The monoisotopic (exact) mass is 292 g/mol. The van der Waals surface area contributed by atoms with Gasteiger partial charge in [-0.05, 0) is 23.8 Å². The maximum absolute atomic E-state index is 13.2. The van der Waals surface area contributed by atoms with Crippen LogP contribution in [-0.2, 0) is 4.79 Å². The first-order valence-corrected chi connectivity index (χ1v) is 5.84. The average Bonchev–Trinajstić information content (AvgIpc) is 2.53. The van der Waals surface area contributed by atoms with E-state index in [0.29, 0.717) is 11.1 Å².